The molecule has 0 bridgehead atoms. The fourth-order valence-corrected chi connectivity index (χ4v) is 1.91. The van der Waals surface area contributed by atoms with Crippen molar-refractivity contribution in [1.82, 2.24) is 0 Å². The molecule has 3 nitrogen and oxygen atoms in total. The third kappa shape index (κ3) is 3.50. The maximum absolute atomic E-state index is 11.3. The second-order valence-corrected chi connectivity index (χ2v) is 4.80. The number of hydrogen-bond donors (Lipinski definition) is 2. The zero-order chi connectivity index (χ0) is 10.6. The van der Waals surface area contributed by atoms with Crippen LogP contribution in [0.1, 0.15) is 26.2 Å². The molecule has 0 unspecified atom stereocenters. The molecule has 82 valence electrons. The number of likely N-dealkylation sites (tertiary alicyclic amines) is 1. The molecule has 0 aromatic rings. The summed E-state index contributed by atoms with van der Waals surface area (Å²) in [5.41, 5.74) is -0.223. The van der Waals surface area contributed by atoms with Crippen molar-refractivity contribution >= 4 is 18.6 Å². The summed E-state index contributed by atoms with van der Waals surface area (Å²) in [6.07, 6.45) is 2.36. The predicted molar refractivity (Wildman–Crippen MR) is 58.8 cm³/mol. The van der Waals surface area contributed by atoms with E-state index in [0.29, 0.717) is 12.2 Å². The van der Waals surface area contributed by atoms with Gasteiger partial charge in [-0.25, -0.2) is 0 Å². The van der Waals surface area contributed by atoms with Crippen LogP contribution in [-0.4, -0.2) is 37.5 Å². The van der Waals surface area contributed by atoms with E-state index in [0.717, 1.165) is 25.9 Å². The van der Waals surface area contributed by atoms with Crippen LogP contribution in [0.2, 0.25) is 0 Å². The highest BCUT2D eigenvalue weighted by Gasteiger charge is 2.34. The lowest BCUT2D eigenvalue weighted by Gasteiger charge is -2.35. The van der Waals surface area contributed by atoms with Crippen molar-refractivity contribution in [2.75, 3.05) is 25.9 Å². The largest absolute Gasteiger partial charge is 0.459 e. The summed E-state index contributed by atoms with van der Waals surface area (Å²) in [5.74, 6) is 0.460. The SMILES string of the molecule is C[NH+]1CCC(C)(OC(=O)CCS)CC1. The molecule has 4 heteroatoms. The quantitative estimate of drug-likeness (QED) is 0.513. The van der Waals surface area contributed by atoms with Gasteiger partial charge in [-0.15, -0.1) is 0 Å². The summed E-state index contributed by atoms with van der Waals surface area (Å²) >= 11 is 4.01. The van der Waals surface area contributed by atoms with E-state index in [2.05, 4.69) is 19.7 Å². The number of thiol groups is 1. The summed E-state index contributed by atoms with van der Waals surface area (Å²) in [7, 11) is 2.18. The first kappa shape index (κ1) is 11.9. The molecule has 0 spiro atoms. The minimum atomic E-state index is -0.223. The van der Waals surface area contributed by atoms with Gasteiger partial charge in [-0.05, 0) is 6.92 Å². The molecule has 0 amide bonds. The first-order valence-electron chi connectivity index (χ1n) is 5.20. The van der Waals surface area contributed by atoms with E-state index in [9.17, 15) is 4.79 Å². The Labute approximate surface area is 91.2 Å². The van der Waals surface area contributed by atoms with Crippen LogP contribution in [-0.2, 0) is 9.53 Å². The molecule has 1 aliphatic heterocycles. The number of esters is 1. The van der Waals surface area contributed by atoms with E-state index < -0.39 is 0 Å². The van der Waals surface area contributed by atoms with Gasteiger partial charge in [-0.2, -0.15) is 12.6 Å². The maximum atomic E-state index is 11.3. The summed E-state index contributed by atoms with van der Waals surface area (Å²) in [6, 6.07) is 0. The molecule has 1 saturated heterocycles. The number of rotatable bonds is 3. The van der Waals surface area contributed by atoms with Crippen molar-refractivity contribution in [1.29, 1.82) is 0 Å². The Morgan fingerprint density at radius 3 is 2.57 bits per heavy atom. The summed E-state index contributed by atoms with van der Waals surface area (Å²) < 4.78 is 5.47. The van der Waals surface area contributed by atoms with E-state index in [4.69, 9.17) is 4.74 Å². The highest BCUT2D eigenvalue weighted by atomic mass is 32.1. The lowest BCUT2D eigenvalue weighted by atomic mass is 9.93. The van der Waals surface area contributed by atoms with Crippen LogP contribution in [0, 0.1) is 0 Å². The summed E-state index contributed by atoms with van der Waals surface area (Å²) in [6.45, 7) is 4.21. The van der Waals surface area contributed by atoms with Crippen LogP contribution in [0.15, 0.2) is 0 Å². The molecule has 14 heavy (non-hydrogen) atoms. The molecular formula is C10H20NO2S+. The Balaban J connectivity index is 2.38. The van der Waals surface area contributed by atoms with Crippen molar-refractivity contribution in [3.8, 4) is 0 Å². The number of quaternary nitrogens is 1. The van der Waals surface area contributed by atoms with Crippen LogP contribution < -0.4 is 4.90 Å². The van der Waals surface area contributed by atoms with E-state index in [1.54, 1.807) is 0 Å². The fraction of sp³-hybridized carbons (Fsp3) is 0.900. The highest BCUT2D eigenvalue weighted by Crippen LogP contribution is 2.21. The van der Waals surface area contributed by atoms with E-state index in [1.165, 1.54) is 4.90 Å². The van der Waals surface area contributed by atoms with Crippen LogP contribution in [0.25, 0.3) is 0 Å². The average molecular weight is 218 g/mol. The standard InChI is InChI=1S/C10H19NO2S/c1-10(13-9(12)3-8-14)4-6-11(2)7-5-10/h14H,3-8H2,1-2H3/p+1. The lowest BCUT2D eigenvalue weighted by molar-refractivity contribution is -0.887. The molecule has 1 rings (SSSR count). The van der Waals surface area contributed by atoms with Gasteiger partial charge in [0.1, 0.15) is 5.60 Å². The van der Waals surface area contributed by atoms with Gasteiger partial charge in [-0.3, -0.25) is 4.79 Å². The van der Waals surface area contributed by atoms with E-state index >= 15 is 0 Å². The van der Waals surface area contributed by atoms with Gasteiger partial charge in [0, 0.05) is 18.6 Å². The molecule has 0 radical (unpaired) electrons. The minimum absolute atomic E-state index is 0.109. The summed E-state index contributed by atoms with van der Waals surface area (Å²) in [4.78, 5) is 12.8. The van der Waals surface area contributed by atoms with Gasteiger partial charge in [-0.1, -0.05) is 0 Å². The Hall–Kier alpha value is -0.220. The average Bonchev–Trinajstić information content (AvgIpc) is 2.11. The Morgan fingerprint density at radius 2 is 2.07 bits per heavy atom. The number of piperidine rings is 1. The lowest BCUT2D eigenvalue weighted by Crippen LogP contribution is -3.10. The van der Waals surface area contributed by atoms with Crippen LogP contribution in [0.4, 0.5) is 0 Å². The van der Waals surface area contributed by atoms with Gasteiger partial charge in [0.05, 0.1) is 26.6 Å². The van der Waals surface area contributed by atoms with E-state index in [1.807, 2.05) is 6.92 Å². The monoisotopic (exact) mass is 218 g/mol. The van der Waals surface area contributed by atoms with Gasteiger partial charge in [0.2, 0.25) is 0 Å². The molecule has 1 fully saturated rings. The number of nitrogens with one attached hydrogen (secondary N) is 1. The van der Waals surface area contributed by atoms with Gasteiger partial charge in [0.25, 0.3) is 0 Å². The molecule has 0 aromatic heterocycles. The smallest absolute Gasteiger partial charge is 0.307 e. The number of ether oxygens (including phenoxy) is 1. The molecule has 0 aromatic carbocycles. The van der Waals surface area contributed by atoms with Crippen LogP contribution in [0.3, 0.4) is 0 Å². The zero-order valence-corrected chi connectivity index (χ0v) is 9.90. The molecular weight excluding hydrogens is 198 g/mol. The highest BCUT2D eigenvalue weighted by molar-refractivity contribution is 7.80. The topological polar surface area (TPSA) is 30.7 Å². The molecule has 0 atom stereocenters. The minimum Gasteiger partial charge on any atom is -0.459 e. The fourth-order valence-electron chi connectivity index (χ4n) is 1.72. The molecule has 0 aliphatic carbocycles. The van der Waals surface area contributed by atoms with Crippen LogP contribution >= 0.6 is 12.6 Å². The normalized spacial score (nSPS) is 32.6. The second-order valence-electron chi connectivity index (χ2n) is 4.35. The third-order valence-corrected chi connectivity index (χ3v) is 3.06. The third-order valence-electron chi connectivity index (χ3n) is 2.84. The number of carbonyl (C=O) groups excluding carboxylic acids is 1. The Morgan fingerprint density at radius 1 is 1.50 bits per heavy atom. The summed E-state index contributed by atoms with van der Waals surface area (Å²) in [5, 5.41) is 0. The van der Waals surface area contributed by atoms with Crippen molar-refractivity contribution in [3.05, 3.63) is 0 Å². The van der Waals surface area contributed by atoms with Crippen molar-refractivity contribution in [2.45, 2.75) is 31.8 Å². The van der Waals surface area contributed by atoms with E-state index in [-0.39, 0.29) is 11.6 Å². The molecule has 1 aliphatic rings. The molecule has 0 saturated carbocycles. The van der Waals surface area contributed by atoms with Crippen molar-refractivity contribution in [3.63, 3.8) is 0 Å². The second kappa shape index (κ2) is 5.03. The van der Waals surface area contributed by atoms with Gasteiger partial charge in [0.15, 0.2) is 0 Å². The number of carbonyl (C=O) groups is 1. The number of hydrogen-bond acceptors (Lipinski definition) is 3. The van der Waals surface area contributed by atoms with Crippen molar-refractivity contribution < 1.29 is 14.4 Å². The molecule has 1 N–H and O–H groups in total. The maximum Gasteiger partial charge on any atom is 0.307 e. The Kier molecular flexibility index (Phi) is 4.26. The Bertz CT molecular complexity index is 200. The molecule has 1 heterocycles. The zero-order valence-electron chi connectivity index (χ0n) is 9.01. The van der Waals surface area contributed by atoms with Gasteiger partial charge >= 0.3 is 5.97 Å². The van der Waals surface area contributed by atoms with Gasteiger partial charge < -0.3 is 9.64 Å². The first-order chi connectivity index (χ1) is 6.56. The van der Waals surface area contributed by atoms with Crippen molar-refractivity contribution in [2.24, 2.45) is 0 Å². The first-order valence-corrected chi connectivity index (χ1v) is 5.83. The van der Waals surface area contributed by atoms with Crippen LogP contribution in [0.5, 0.6) is 0 Å². The predicted octanol–water partition coefficient (Wildman–Crippen LogP) is -0.0833.